The second-order valence-electron chi connectivity index (χ2n) is 5.45. The Labute approximate surface area is 166 Å². The number of hydrogen-bond acceptors (Lipinski definition) is 4. The van der Waals surface area contributed by atoms with Crippen LogP contribution in [0.5, 0.6) is 0 Å². The summed E-state index contributed by atoms with van der Waals surface area (Å²) in [7, 11) is 0. The maximum atomic E-state index is 4.61. The molecule has 26 heavy (non-hydrogen) atoms. The van der Waals surface area contributed by atoms with Gasteiger partial charge in [0.25, 0.3) is 0 Å². The fraction of sp³-hybridized carbons (Fsp3) is 0.0476. The fourth-order valence-corrected chi connectivity index (χ4v) is 2.52. The Balaban J connectivity index is 0.00000196. The maximum absolute atomic E-state index is 4.61. The summed E-state index contributed by atoms with van der Waals surface area (Å²) >= 11 is 0. The number of nitrogens with zero attached hydrogens (tertiary/aromatic N) is 4. The van der Waals surface area contributed by atoms with Crippen molar-refractivity contribution >= 4 is 0 Å². The van der Waals surface area contributed by atoms with E-state index in [1.165, 1.54) is 0 Å². The Morgan fingerprint density at radius 1 is 0.654 bits per heavy atom. The zero-order chi connectivity index (χ0) is 16.9. The summed E-state index contributed by atoms with van der Waals surface area (Å²) in [4.78, 5) is 17.9. The average Bonchev–Trinajstić information content (AvgIpc) is 2.70. The van der Waals surface area contributed by atoms with Gasteiger partial charge in [-0.1, -0.05) is 12.1 Å². The van der Waals surface area contributed by atoms with E-state index in [9.17, 15) is 0 Å². The molecule has 2 aromatic carbocycles. The summed E-state index contributed by atoms with van der Waals surface area (Å²) in [5.41, 5.74) is 3.58. The van der Waals surface area contributed by atoms with Crippen LogP contribution in [0.4, 0.5) is 0 Å². The molecule has 0 aliphatic carbocycles. The average molecular weight is 517 g/mol. The van der Waals surface area contributed by atoms with Crippen molar-refractivity contribution in [3.8, 4) is 22.5 Å². The van der Waals surface area contributed by atoms with Gasteiger partial charge in [-0.05, 0) is 11.4 Å². The molecule has 0 saturated heterocycles. The van der Waals surface area contributed by atoms with E-state index in [4.69, 9.17) is 0 Å². The van der Waals surface area contributed by atoms with Crippen LogP contribution in [-0.4, -0.2) is 19.9 Å². The van der Waals surface area contributed by atoms with Crippen LogP contribution < -0.4 is 0 Å². The Kier molecular flexibility index (Phi) is 5.98. The quantitative estimate of drug-likeness (QED) is 0.387. The van der Waals surface area contributed by atoms with Gasteiger partial charge in [0.05, 0.1) is 6.42 Å². The van der Waals surface area contributed by atoms with Crippen molar-refractivity contribution in [1.82, 2.24) is 19.9 Å². The van der Waals surface area contributed by atoms with Crippen LogP contribution in [-0.2, 0) is 27.5 Å². The van der Waals surface area contributed by atoms with Crippen molar-refractivity contribution in [3.05, 3.63) is 96.8 Å². The van der Waals surface area contributed by atoms with E-state index in [1.807, 2.05) is 60.7 Å². The molecular weight excluding hydrogens is 503 g/mol. The van der Waals surface area contributed by atoms with Gasteiger partial charge in [-0.25, -0.2) is 9.97 Å². The van der Waals surface area contributed by atoms with Crippen molar-refractivity contribution in [2.24, 2.45) is 0 Å². The zero-order valence-electron chi connectivity index (χ0n) is 13.7. The molecule has 5 heteroatoms. The topological polar surface area (TPSA) is 51.6 Å². The van der Waals surface area contributed by atoms with Crippen molar-refractivity contribution in [1.29, 1.82) is 0 Å². The Morgan fingerprint density at radius 3 is 1.58 bits per heavy atom. The first kappa shape index (κ1) is 18.1. The van der Waals surface area contributed by atoms with Crippen molar-refractivity contribution in [2.45, 2.75) is 6.42 Å². The minimum Gasteiger partial charge on any atom is -0.283 e. The summed E-state index contributed by atoms with van der Waals surface area (Å²) in [5.74, 6) is 1.37. The molecule has 0 saturated carbocycles. The molecular formula is C21H14N4Pt. The van der Waals surface area contributed by atoms with Crippen LogP contribution in [0.25, 0.3) is 22.5 Å². The molecule has 0 radical (unpaired) electrons. The van der Waals surface area contributed by atoms with Gasteiger partial charge < -0.3 is 0 Å². The fourth-order valence-electron chi connectivity index (χ4n) is 2.52. The first-order chi connectivity index (χ1) is 12.4. The molecule has 128 valence electrons. The molecule has 0 unspecified atom stereocenters. The van der Waals surface area contributed by atoms with Crippen LogP contribution in [0.15, 0.2) is 73.1 Å². The third-order valence-corrected chi connectivity index (χ3v) is 3.70. The van der Waals surface area contributed by atoms with E-state index in [0.717, 1.165) is 22.5 Å². The standard InChI is InChI=1S/C21H14N4.Pt/c1-3-7-16(8-4-1)18-11-13-22-20(24-18)15-21-23-14-12-19(25-21)17-9-5-2-6-10-17;/h1-7,9,11-14H,15H2;/q-2;+2. The third kappa shape index (κ3) is 4.27. The molecule has 0 atom stereocenters. The van der Waals surface area contributed by atoms with E-state index >= 15 is 0 Å². The summed E-state index contributed by atoms with van der Waals surface area (Å²) in [6.07, 6.45) is 3.99. The smallest absolute Gasteiger partial charge is 0.283 e. The summed E-state index contributed by atoms with van der Waals surface area (Å²) in [6, 6.07) is 25.6. The van der Waals surface area contributed by atoms with Crippen LogP contribution in [0.1, 0.15) is 11.6 Å². The van der Waals surface area contributed by atoms with Crippen LogP contribution in [0.3, 0.4) is 0 Å². The summed E-state index contributed by atoms with van der Waals surface area (Å²) in [5, 5.41) is 0. The molecule has 0 fully saturated rings. The SMILES string of the molecule is [Pt+2].[c-]1ccccc1-c1ccnc(Cc2nccc(-c3[c-]cccc3)n2)n1. The molecule has 2 aromatic heterocycles. The van der Waals surface area contributed by atoms with Crippen LogP contribution >= 0.6 is 0 Å². The molecule has 4 nitrogen and oxygen atoms in total. The maximum Gasteiger partial charge on any atom is 2.00 e. The summed E-state index contributed by atoms with van der Waals surface area (Å²) in [6.45, 7) is 0. The van der Waals surface area contributed by atoms with Gasteiger partial charge in [0.1, 0.15) is 11.6 Å². The second-order valence-corrected chi connectivity index (χ2v) is 5.45. The first-order valence-corrected chi connectivity index (χ1v) is 7.96. The molecule has 4 aromatic rings. The van der Waals surface area contributed by atoms with Gasteiger partial charge in [0.15, 0.2) is 0 Å². The van der Waals surface area contributed by atoms with Crippen molar-refractivity contribution in [2.75, 3.05) is 0 Å². The van der Waals surface area contributed by atoms with Crippen LogP contribution in [0, 0.1) is 12.1 Å². The van der Waals surface area contributed by atoms with Gasteiger partial charge in [0, 0.05) is 12.4 Å². The molecule has 0 amide bonds. The predicted molar refractivity (Wildman–Crippen MR) is 95.4 cm³/mol. The minimum atomic E-state index is 0. The zero-order valence-corrected chi connectivity index (χ0v) is 16.0. The molecule has 2 heterocycles. The summed E-state index contributed by atoms with van der Waals surface area (Å²) < 4.78 is 0. The number of aromatic nitrogens is 4. The van der Waals surface area contributed by atoms with Gasteiger partial charge in [0.2, 0.25) is 0 Å². The Bertz CT molecular complexity index is 894. The monoisotopic (exact) mass is 517 g/mol. The van der Waals surface area contributed by atoms with Gasteiger partial charge in [-0.2, -0.15) is 0 Å². The minimum absolute atomic E-state index is 0. The van der Waals surface area contributed by atoms with Crippen molar-refractivity contribution < 1.29 is 21.1 Å². The van der Waals surface area contributed by atoms with Gasteiger partial charge >= 0.3 is 21.1 Å². The third-order valence-electron chi connectivity index (χ3n) is 3.70. The van der Waals surface area contributed by atoms with E-state index in [0.29, 0.717) is 18.1 Å². The van der Waals surface area contributed by atoms with E-state index in [2.05, 4.69) is 32.1 Å². The van der Waals surface area contributed by atoms with Crippen molar-refractivity contribution in [3.63, 3.8) is 0 Å². The van der Waals surface area contributed by atoms with E-state index in [1.54, 1.807) is 12.4 Å². The molecule has 0 aliphatic heterocycles. The largest absolute Gasteiger partial charge is 2.00 e. The normalized spacial score (nSPS) is 10.2. The van der Waals surface area contributed by atoms with E-state index in [-0.39, 0.29) is 21.1 Å². The Hall–Kier alpha value is -2.71. The number of benzene rings is 2. The first-order valence-electron chi connectivity index (χ1n) is 7.96. The van der Waals surface area contributed by atoms with Gasteiger partial charge in [-0.15, -0.1) is 71.8 Å². The predicted octanol–water partition coefficient (Wildman–Crippen LogP) is 3.79. The molecule has 0 bridgehead atoms. The molecule has 4 rings (SSSR count). The van der Waals surface area contributed by atoms with E-state index < -0.39 is 0 Å². The van der Waals surface area contributed by atoms with Gasteiger partial charge in [-0.3, -0.25) is 9.97 Å². The molecule has 0 spiro atoms. The number of rotatable bonds is 4. The van der Waals surface area contributed by atoms with Crippen LogP contribution in [0.2, 0.25) is 0 Å². The molecule has 0 aliphatic rings. The Morgan fingerprint density at radius 2 is 1.15 bits per heavy atom. The number of hydrogen-bond donors (Lipinski definition) is 0. The molecule has 0 N–H and O–H groups in total. The second kappa shape index (κ2) is 8.59.